The standard InChI is InChI=1S/C6H8N2OS2/c1-10-5-3-2-4(11-5)6(9)8-7/h2-3H,7H2,1H3,(H,8,9). The summed E-state index contributed by atoms with van der Waals surface area (Å²) < 4.78 is 1.11. The molecule has 3 nitrogen and oxygen atoms in total. The summed E-state index contributed by atoms with van der Waals surface area (Å²) in [5.74, 6) is 4.73. The number of carbonyl (C=O) groups is 1. The minimum absolute atomic E-state index is 0.227. The number of hydrogen-bond acceptors (Lipinski definition) is 4. The summed E-state index contributed by atoms with van der Waals surface area (Å²) in [4.78, 5) is 11.6. The van der Waals surface area contributed by atoms with E-state index in [0.29, 0.717) is 4.88 Å². The zero-order valence-electron chi connectivity index (χ0n) is 5.96. The molecule has 0 fully saturated rings. The molecule has 1 rings (SSSR count). The van der Waals surface area contributed by atoms with Crippen LogP contribution in [0.5, 0.6) is 0 Å². The minimum Gasteiger partial charge on any atom is -0.289 e. The van der Waals surface area contributed by atoms with Crippen molar-refractivity contribution in [1.82, 2.24) is 5.43 Å². The van der Waals surface area contributed by atoms with Crippen LogP contribution in [-0.4, -0.2) is 12.2 Å². The lowest BCUT2D eigenvalue weighted by Gasteiger charge is -1.91. The maximum Gasteiger partial charge on any atom is 0.275 e. The van der Waals surface area contributed by atoms with Gasteiger partial charge in [0.25, 0.3) is 5.91 Å². The molecule has 0 saturated heterocycles. The molecule has 0 aromatic carbocycles. The van der Waals surface area contributed by atoms with Gasteiger partial charge in [-0.2, -0.15) is 0 Å². The fourth-order valence-electron chi connectivity index (χ4n) is 0.623. The molecular formula is C6H8N2OS2. The molecule has 0 atom stereocenters. The third kappa shape index (κ3) is 1.95. The highest BCUT2D eigenvalue weighted by Gasteiger charge is 2.05. The average Bonchev–Trinajstić information content (AvgIpc) is 2.50. The lowest BCUT2D eigenvalue weighted by atomic mass is 10.5. The highest BCUT2D eigenvalue weighted by molar-refractivity contribution is 8.00. The first-order valence-corrected chi connectivity index (χ1v) is 4.97. The average molecular weight is 188 g/mol. The molecule has 1 aromatic heterocycles. The second-order valence-electron chi connectivity index (χ2n) is 1.80. The maximum atomic E-state index is 10.9. The fraction of sp³-hybridized carbons (Fsp3) is 0.167. The molecule has 3 N–H and O–H groups in total. The molecule has 0 radical (unpaired) electrons. The van der Waals surface area contributed by atoms with Crippen LogP contribution in [0.15, 0.2) is 16.3 Å². The van der Waals surface area contributed by atoms with Crippen molar-refractivity contribution in [3.05, 3.63) is 17.0 Å². The van der Waals surface area contributed by atoms with Gasteiger partial charge in [-0.05, 0) is 18.4 Å². The number of carbonyl (C=O) groups excluding carboxylic acids is 1. The number of amides is 1. The monoisotopic (exact) mass is 188 g/mol. The number of hydrogen-bond donors (Lipinski definition) is 2. The Hall–Kier alpha value is -0.520. The van der Waals surface area contributed by atoms with Crippen molar-refractivity contribution >= 4 is 29.0 Å². The Bertz CT molecular complexity index is 259. The largest absolute Gasteiger partial charge is 0.289 e. The topological polar surface area (TPSA) is 55.1 Å². The van der Waals surface area contributed by atoms with Gasteiger partial charge in [0.15, 0.2) is 0 Å². The van der Waals surface area contributed by atoms with Gasteiger partial charge >= 0.3 is 0 Å². The molecular weight excluding hydrogens is 180 g/mol. The molecule has 0 bridgehead atoms. The number of hydrazine groups is 1. The molecule has 1 amide bonds. The smallest absolute Gasteiger partial charge is 0.275 e. The molecule has 0 aliphatic rings. The van der Waals surface area contributed by atoms with Crippen LogP contribution < -0.4 is 11.3 Å². The Balaban J connectivity index is 2.80. The van der Waals surface area contributed by atoms with Gasteiger partial charge < -0.3 is 0 Å². The molecule has 0 aliphatic heterocycles. The number of thiophene rings is 1. The van der Waals surface area contributed by atoms with Crippen molar-refractivity contribution in [2.75, 3.05) is 6.26 Å². The van der Waals surface area contributed by atoms with E-state index in [1.165, 1.54) is 11.3 Å². The van der Waals surface area contributed by atoms with Crippen molar-refractivity contribution < 1.29 is 4.79 Å². The number of nitrogens with two attached hydrogens (primary N) is 1. The van der Waals surface area contributed by atoms with Gasteiger partial charge in [-0.15, -0.1) is 23.1 Å². The summed E-state index contributed by atoms with van der Waals surface area (Å²) in [6, 6.07) is 3.67. The molecule has 11 heavy (non-hydrogen) atoms. The fourth-order valence-corrected chi connectivity index (χ4v) is 2.07. The molecule has 0 unspecified atom stereocenters. The van der Waals surface area contributed by atoms with E-state index in [0.717, 1.165) is 4.21 Å². The molecule has 5 heteroatoms. The van der Waals surface area contributed by atoms with Crippen molar-refractivity contribution in [1.29, 1.82) is 0 Å². The van der Waals surface area contributed by atoms with Crippen LogP contribution in [0.2, 0.25) is 0 Å². The first kappa shape index (κ1) is 8.58. The van der Waals surface area contributed by atoms with Gasteiger partial charge in [0, 0.05) is 0 Å². The van der Waals surface area contributed by atoms with E-state index in [4.69, 9.17) is 5.84 Å². The summed E-state index contributed by atoms with van der Waals surface area (Å²) in [5, 5.41) is 0. The van der Waals surface area contributed by atoms with Crippen molar-refractivity contribution in [2.24, 2.45) is 5.84 Å². The van der Waals surface area contributed by atoms with E-state index < -0.39 is 0 Å². The van der Waals surface area contributed by atoms with Crippen molar-refractivity contribution in [3.63, 3.8) is 0 Å². The summed E-state index contributed by atoms with van der Waals surface area (Å²) in [5.41, 5.74) is 2.08. The van der Waals surface area contributed by atoms with Crippen LogP contribution in [0.25, 0.3) is 0 Å². The van der Waals surface area contributed by atoms with Gasteiger partial charge in [-0.1, -0.05) is 0 Å². The van der Waals surface area contributed by atoms with Crippen molar-refractivity contribution in [2.45, 2.75) is 4.21 Å². The van der Waals surface area contributed by atoms with Gasteiger partial charge in [0.1, 0.15) is 0 Å². The van der Waals surface area contributed by atoms with Gasteiger partial charge in [-0.25, -0.2) is 5.84 Å². The zero-order valence-corrected chi connectivity index (χ0v) is 7.59. The van der Waals surface area contributed by atoms with Gasteiger partial charge in [0.05, 0.1) is 9.09 Å². The van der Waals surface area contributed by atoms with Crippen LogP contribution in [0.3, 0.4) is 0 Å². The molecule has 0 spiro atoms. The van der Waals surface area contributed by atoms with E-state index >= 15 is 0 Å². The van der Waals surface area contributed by atoms with Crippen LogP contribution >= 0.6 is 23.1 Å². The Kier molecular flexibility index (Phi) is 2.92. The first-order valence-electron chi connectivity index (χ1n) is 2.92. The Morgan fingerprint density at radius 2 is 2.45 bits per heavy atom. The summed E-state index contributed by atoms with van der Waals surface area (Å²) in [6.07, 6.45) is 1.97. The third-order valence-corrected chi connectivity index (χ3v) is 3.30. The normalized spacial score (nSPS) is 9.64. The van der Waals surface area contributed by atoms with Gasteiger partial charge in [-0.3, -0.25) is 10.2 Å². The molecule has 0 saturated carbocycles. The molecule has 0 aliphatic carbocycles. The van der Waals surface area contributed by atoms with E-state index in [1.807, 2.05) is 12.3 Å². The minimum atomic E-state index is -0.227. The summed E-state index contributed by atoms with van der Waals surface area (Å²) in [6.45, 7) is 0. The second-order valence-corrected chi connectivity index (χ2v) is 3.99. The van der Waals surface area contributed by atoms with Gasteiger partial charge in [0.2, 0.25) is 0 Å². The number of thioether (sulfide) groups is 1. The Morgan fingerprint density at radius 3 is 2.91 bits per heavy atom. The molecule has 1 aromatic rings. The molecule has 60 valence electrons. The van der Waals surface area contributed by atoms with E-state index in [9.17, 15) is 4.79 Å². The molecule has 1 heterocycles. The number of rotatable bonds is 2. The quantitative estimate of drug-likeness (QED) is 0.316. The second kappa shape index (κ2) is 3.75. The van der Waals surface area contributed by atoms with E-state index in [-0.39, 0.29) is 5.91 Å². The zero-order chi connectivity index (χ0) is 8.27. The van der Waals surface area contributed by atoms with Crippen LogP contribution in [0, 0.1) is 0 Å². The number of nitrogens with one attached hydrogen (secondary N) is 1. The van der Waals surface area contributed by atoms with Crippen LogP contribution in [-0.2, 0) is 0 Å². The lowest BCUT2D eigenvalue weighted by Crippen LogP contribution is -2.29. The predicted octanol–water partition coefficient (Wildman–Crippen LogP) is 1.07. The first-order chi connectivity index (χ1) is 5.27. The number of nitrogen functional groups attached to an aromatic ring is 1. The Morgan fingerprint density at radius 1 is 1.73 bits per heavy atom. The third-order valence-electron chi connectivity index (χ3n) is 1.14. The maximum absolute atomic E-state index is 10.9. The van der Waals surface area contributed by atoms with Crippen molar-refractivity contribution in [3.8, 4) is 0 Å². The predicted molar refractivity (Wildman–Crippen MR) is 47.8 cm³/mol. The summed E-state index contributed by atoms with van der Waals surface area (Å²) >= 11 is 3.05. The highest BCUT2D eigenvalue weighted by atomic mass is 32.2. The van der Waals surface area contributed by atoms with Crippen LogP contribution in [0.4, 0.5) is 0 Å². The Labute approximate surface area is 72.9 Å². The van der Waals surface area contributed by atoms with E-state index in [1.54, 1.807) is 17.8 Å². The summed E-state index contributed by atoms with van der Waals surface area (Å²) in [7, 11) is 0. The van der Waals surface area contributed by atoms with Crippen LogP contribution in [0.1, 0.15) is 9.67 Å². The van der Waals surface area contributed by atoms with E-state index in [2.05, 4.69) is 5.43 Å². The highest BCUT2D eigenvalue weighted by Crippen LogP contribution is 2.24. The SMILES string of the molecule is CSc1ccc(C(=O)NN)s1. The lowest BCUT2D eigenvalue weighted by molar-refractivity contribution is 0.0957.